The van der Waals surface area contributed by atoms with Gasteiger partial charge in [0.1, 0.15) is 5.82 Å². The molecule has 0 fully saturated rings. The molecule has 0 saturated heterocycles. The first-order chi connectivity index (χ1) is 16.3. The van der Waals surface area contributed by atoms with Crippen LogP contribution < -0.4 is 10.6 Å². The first-order valence-electron chi connectivity index (χ1n) is 10.5. The van der Waals surface area contributed by atoms with E-state index in [4.69, 9.17) is 21.8 Å². The van der Waals surface area contributed by atoms with Crippen LogP contribution in [0.5, 0.6) is 0 Å². The number of sulfone groups is 1. The highest BCUT2D eigenvalue weighted by Gasteiger charge is 2.31. The number of anilines is 1. The Morgan fingerprint density at radius 3 is 2.56 bits per heavy atom. The molecule has 7 nitrogen and oxygen atoms in total. The highest BCUT2D eigenvalue weighted by atomic mass is 35.5. The molecule has 0 radical (unpaired) electrons. The molecule has 4 aromatic rings. The van der Waals surface area contributed by atoms with Crippen molar-refractivity contribution in [2.24, 2.45) is 5.73 Å². The minimum atomic E-state index is -3.61. The molecule has 0 aliphatic carbocycles. The molecule has 1 aliphatic rings. The van der Waals surface area contributed by atoms with E-state index >= 15 is 0 Å². The van der Waals surface area contributed by atoms with Gasteiger partial charge in [-0.25, -0.2) is 12.8 Å². The van der Waals surface area contributed by atoms with Crippen molar-refractivity contribution < 1.29 is 17.2 Å². The van der Waals surface area contributed by atoms with Gasteiger partial charge in [0, 0.05) is 29.7 Å². The molecule has 0 unspecified atom stereocenters. The van der Waals surface area contributed by atoms with Gasteiger partial charge in [-0.15, -0.1) is 10.2 Å². The molecular formula is C24H20ClFN4O3S. The van der Waals surface area contributed by atoms with Crippen molar-refractivity contribution in [3.63, 3.8) is 0 Å². The fourth-order valence-corrected chi connectivity index (χ4v) is 5.77. The summed E-state index contributed by atoms with van der Waals surface area (Å²) in [6, 6.07) is 17.7. The first-order valence-corrected chi connectivity index (χ1v) is 12.5. The van der Waals surface area contributed by atoms with Crippen LogP contribution >= 0.6 is 11.6 Å². The largest absolute Gasteiger partial charge is 0.416 e. The number of rotatable bonds is 4. The molecule has 0 spiro atoms. The standard InChI is InChI=1S/C24H20ClFN4O3S/c25-17-8-5-15(6-9-17)12-30-13-18(27)14-34(31,32)22-10-7-16(11-21(22)30)23-28-29-24(33-23)19-3-1-2-4-20(19)26/h1-11,18H,12-14,27H2/t18-/m1/s1. The van der Waals surface area contributed by atoms with Crippen LogP contribution in [0.25, 0.3) is 22.9 Å². The molecule has 1 aliphatic heterocycles. The maximum atomic E-state index is 14.1. The number of nitrogens with two attached hydrogens (primary N) is 1. The smallest absolute Gasteiger partial charge is 0.251 e. The average Bonchev–Trinajstić information content (AvgIpc) is 3.26. The minimum absolute atomic E-state index is 0.0377. The summed E-state index contributed by atoms with van der Waals surface area (Å²) in [7, 11) is -3.61. The second-order valence-electron chi connectivity index (χ2n) is 8.12. The topological polar surface area (TPSA) is 102 Å². The van der Waals surface area contributed by atoms with Crippen LogP contribution in [0, 0.1) is 5.82 Å². The molecule has 1 aromatic heterocycles. The summed E-state index contributed by atoms with van der Waals surface area (Å²) in [5.74, 6) is -0.447. The Hall–Kier alpha value is -3.27. The van der Waals surface area contributed by atoms with E-state index in [2.05, 4.69) is 10.2 Å². The first kappa shape index (κ1) is 22.5. The predicted molar refractivity (Wildman–Crippen MR) is 128 cm³/mol. The number of hydrogen-bond acceptors (Lipinski definition) is 7. The molecule has 0 saturated carbocycles. The molecular weight excluding hydrogens is 479 g/mol. The Labute approximate surface area is 200 Å². The summed E-state index contributed by atoms with van der Waals surface area (Å²) in [6.45, 7) is 0.768. The van der Waals surface area contributed by atoms with Crippen molar-refractivity contribution >= 4 is 27.1 Å². The van der Waals surface area contributed by atoms with Crippen molar-refractivity contribution in [3.8, 4) is 22.9 Å². The van der Waals surface area contributed by atoms with Gasteiger partial charge in [-0.3, -0.25) is 0 Å². The van der Waals surface area contributed by atoms with Gasteiger partial charge in [0.15, 0.2) is 9.84 Å². The van der Waals surface area contributed by atoms with E-state index in [1.54, 1.807) is 42.5 Å². The molecule has 10 heteroatoms. The van der Waals surface area contributed by atoms with Crippen LogP contribution in [-0.4, -0.2) is 37.0 Å². The Morgan fingerprint density at radius 1 is 1.06 bits per heavy atom. The van der Waals surface area contributed by atoms with Crippen molar-refractivity contribution in [1.82, 2.24) is 10.2 Å². The molecule has 174 valence electrons. The molecule has 34 heavy (non-hydrogen) atoms. The van der Waals surface area contributed by atoms with E-state index in [0.29, 0.717) is 29.4 Å². The van der Waals surface area contributed by atoms with Gasteiger partial charge < -0.3 is 15.1 Å². The fraction of sp³-hybridized carbons (Fsp3) is 0.167. The van der Waals surface area contributed by atoms with E-state index < -0.39 is 21.7 Å². The highest BCUT2D eigenvalue weighted by Crippen LogP contribution is 2.35. The lowest BCUT2D eigenvalue weighted by atomic mass is 10.1. The SMILES string of the molecule is N[C@@H]1CN(Cc2ccc(Cl)cc2)c2cc(-c3nnc(-c4ccccc4F)o3)ccc2S(=O)(=O)C1. The van der Waals surface area contributed by atoms with Gasteiger partial charge in [0.25, 0.3) is 5.89 Å². The number of halogens is 2. The molecule has 0 amide bonds. The van der Waals surface area contributed by atoms with Crippen LogP contribution in [0.2, 0.25) is 5.02 Å². The van der Waals surface area contributed by atoms with Crippen molar-refractivity contribution in [2.75, 3.05) is 17.2 Å². The molecule has 1 atom stereocenters. The Bertz CT molecular complexity index is 1460. The lowest BCUT2D eigenvalue weighted by Crippen LogP contribution is -2.39. The number of benzene rings is 3. The van der Waals surface area contributed by atoms with Gasteiger partial charge in [0.05, 0.1) is 21.9 Å². The molecule has 2 heterocycles. The molecule has 0 bridgehead atoms. The summed E-state index contributed by atoms with van der Waals surface area (Å²) in [5, 5.41) is 8.64. The van der Waals surface area contributed by atoms with Gasteiger partial charge in [-0.2, -0.15) is 0 Å². The molecule has 2 N–H and O–H groups in total. The summed E-state index contributed by atoms with van der Waals surface area (Å²) in [4.78, 5) is 2.11. The van der Waals surface area contributed by atoms with Crippen molar-refractivity contribution in [3.05, 3.63) is 83.1 Å². The van der Waals surface area contributed by atoms with Crippen LogP contribution in [-0.2, 0) is 16.4 Å². The lowest BCUT2D eigenvalue weighted by molar-refractivity contribution is 0.570. The van der Waals surface area contributed by atoms with E-state index in [1.807, 2.05) is 17.0 Å². The van der Waals surface area contributed by atoms with Crippen molar-refractivity contribution in [1.29, 1.82) is 0 Å². The van der Waals surface area contributed by atoms with E-state index in [0.717, 1.165) is 5.56 Å². The third-order valence-electron chi connectivity index (χ3n) is 5.59. The lowest BCUT2D eigenvalue weighted by Gasteiger charge is -2.26. The number of nitrogens with zero attached hydrogens (tertiary/aromatic N) is 3. The van der Waals surface area contributed by atoms with Gasteiger partial charge in [-0.05, 0) is 48.0 Å². The quantitative estimate of drug-likeness (QED) is 0.447. The van der Waals surface area contributed by atoms with Gasteiger partial charge in [0.2, 0.25) is 5.89 Å². The number of hydrogen-bond donors (Lipinski definition) is 1. The third kappa shape index (κ3) is 4.42. The van der Waals surface area contributed by atoms with Gasteiger partial charge in [-0.1, -0.05) is 35.9 Å². The van der Waals surface area contributed by atoms with Crippen LogP contribution in [0.3, 0.4) is 0 Å². The molecule has 3 aromatic carbocycles. The number of aromatic nitrogens is 2. The van der Waals surface area contributed by atoms with E-state index in [-0.39, 0.29) is 28.0 Å². The van der Waals surface area contributed by atoms with Crippen LogP contribution in [0.4, 0.5) is 10.1 Å². The zero-order valence-electron chi connectivity index (χ0n) is 17.9. The maximum absolute atomic E-state index is 14.1. The Kier molecular flexibility index (Phi) is 5.85. The highest BCUT2D eigenvalue weighted by molar-refractivity contribution is 7.91. The Morgan fingerprint density at radius 2 is 1.79 bits per heavy atom. The summed E-state index contributed by atoms with van der Waals surface area (Å²) in [6.07, 6.45) is 0. The zero-order valence-corrected chi connectivity index (χ0v) is 19.4. The second kappa shape index (κ2) is 8.83. The second-order valence-corrected chi connectivity index (χ2v) is 10.6. The number of fused-ring (bicyclic) bond motifs is 1. The monoisotopic (exact) mass is 498 g/mol. The maximum Gasteiger partial charge on any atom is 0.251 e. The summed E-state index contributed by atoms with van der Waals surface area (Å²) in [5.41, 5.74) is 8.32. The minimum Gasteiger partial charge on any atom is -0.416 e. The summed E-state index contributed by atoms with van der Waals surface area (Å²) < 4.78 is 45.9. The normalized spacial score (nSPS) is 17.3. The van der Waals surface area contributed by atoms with E-state index in [9.17, 15) is 12.8 Å². The fourth-order valence-electron chi connectivity index (χ4n) is 4.01. The molecule has 5 rings (SSSR count). The summed E-state index contributed by atoms with van der Waals surface area (Å²) >= 11 is 6.01. The predicted octanol–water partition coefficient (Wildman–Crippen LogP) is 4.32. The zero-order chi connectivity index (χ0) is 23.9. The van der Waals surface area contributed by atoms with Crippen molar-refractivity contribution in [2.45, 2.75) is 17.5 Å². The van der Waals surface area contributed by atoms with Gasteiger partial charge >= 0.3 is 0 Å². The third-order valence-corrected chi connectivity index (χ3v) is 7.72. The van der Waals surface area contributed by atoms with E-state index in [1.165, 1.54) is 12.1 Å². The van der Waals surface area contributed by atoms with Crippen LogP contribution in [0.1, 0.15) is 5.56 Å². The average molecular weight is 499 g/mol. The van der Waals surface area contributed by atoms with Crippen LogP contribution in [0.15, 0.2) is 76.0 Å². The Balaban J connectivity index is 1.57.